The van der Waals surface area contributed by atoms with Crippen LogP contribution < -0.4 is 5.73 Å². The number of thiazole rings is 1. The van der Waals surface area contributed by atoms with Crippen LogP contribution in [0.2, 0.25) is 0 Å². The SMILES string of the molecule is Cc1cccnc1-c1nc(-c2cccc(CN)c2)cs1. The van der Waals surface area contributed by atoms with E-state index in [2.05, 4.69) is 35.5 Å². The fourth-order valence-corrected chi connectivity index (χ4v) is 2.97. The molecule has 0 aliphatic carbocycles. The van der Waals surface area contributed by atoms with Crippen LogP contribution in [0.25, 0.3) is 22.0 Å². The maximum atomic E-state index is 5.69. The van der Waals surface area contributed by atoms with Crippen molar-refractivity contribution < 1.29 is 0 Å². The summed E-state index contributed by atoms with van der Waals surface area (Å²) in [6, 6.07) is 12.2. The molecule has 2 N–H and O–H groups in total. The van der Waals surface area contributed by atoms with Gasteiger partial charge in [-0.05, 0) is 30.2 Å². The van der Waals surface area contributed by atoms with E-state index in [1.54, 1.807) is 17.5 Å². The standard InChI is InChI=1S/C16H15N3S/c1-11-4-3-7-18-15(11)16-19-14(10-20-16)13-6-2-5-12(8-13)9-17/h2-8,10H,9,17H2,1H3. The lowest BCUT2D eigenvalue weighted by molar-refractivity contribution is 1.07. The van der Waals surface area contributed by atoms with Crippen molar-refractivity contribution in [3.63, 3.8) is 0 Å². The van der Waals surface area contributed by atoms with Crippen LogP contribution in [0, 0.1) is 6.92 Å². The van der Waals surface area contributed by atoms with E-state index in [9.17, 15) is 0 Å². The Labute approximate surface area is 122 Å². The molecule has 2 aromatic heterocycles. The van der Waals surface area contributed by atoms with Crippen LogP contribution in [-0.2, 0) is 6.54 Å². The van der Waals surface area contributed by atoms with Crippen LogP contribution in [0.5, 0.6) is 0 Å². The summed E-state index contributed by atoms with van der Waals surface area (Å²) < 4.78 is 0. The second-order valence-corrected chi connectivity index (χ2v) is 5.47. The molecule has 3 nitrogen and oxygen atoms in total. The second-order valence-electron chi connectivity index (χ2n) is 4.61. The number of aromatic nitrogens is 2. The Morgan fingerprint density at radius 1 is 1.20 bits per heavy atom. The van der Waals surface area contributed by atoms with Crippen LogP contribution >= 0.6 is 11.3 Å². The van der Waals surface area contributed by atoms with E-state index in [1.807, 2.05) is 18.2 Å². The molecule has 0 fully saturated rings. The summed E-state index contributed by atoms with van der Waals surface area (Å²) in [5.41, 5.74) is 11.0. The van der Waals surface area contributed by atoms with Crippen molar-refractivity contribution in [3.05, 3.63) is 59.1 Å². The number of hydrogen-bond acceptors (Lipinski definition) is 4. The molecule has 0 bridgehead atoms. The Kier molecular flexibility index (Phi) is 3.58. The van der Waals surface area contributed by atoms with Gasteiger partial charge in [-0.2, -0.15) is 0 Å². The first-order valence-electron chi connectivity index (χ1n) is 6.45. The highest BCUT2D eigenvalue weighted by atomic mass is 32.1. The highest BCUT2D eigenvalue weighted by Crippen LogP contribution is 2.29. The molecule has 0 unspecified atom stereocenters. The van der Waals surface area contributed by atoms with Crippen molar-refractivity contribution >= 4 is 11.3 Å². The average Bonchev–Trinajstić information content (AvgIpc) is 2.97. The van der Waals surface area contributed by atoms with Gasteiger partial charge in [0.2, 0.25) is 0 Å². The summed E-state index contributed by atoms with van der Waals surface area (Å²) in [5, 5.41) is 3.02. The zero-order valence-corrected chi connectivity index (χ0v) is 12.0. The maximum Gasteiger partial charge on any atom is 0.142 e. The number of rotatable bonds is 3. The minimum Gasteiger partial charge on any atom is -0.326 e. The predicted molar refractivity (Wildman–Crippen MR) is 83.4 cm³/mol. The van der Waals surface area contributed by atoms with Crippen LogP contribution in [0.15, 0.2) is 48.0 Å². The van der Waals surface area contributed by atoms with E-state index in [-0.39, 0.29) is 0 Å². The minimum atomic E-state index is 0.546. The van der Waals surface area contributed by atoms with E-state index >= 15 is 0 Å². The summed E-state index contributed by atoms with van der Waals surface area (Å²) in [5.74, 6) is 0. The highest BCUT2D eigenvalue weighted by Gasteiger charge is 2.09. The van der Waals surface area contributed by atoms with Gasteiger partial charge in [0.1, 0.15) is 10.7 Å². The third-order valence-corrected chi connectivity index (χ3v) is 4.02. The van der Waals surface area contributed by atoms with Crippen LogP contribution in [-0.4, -0.2) is 9.97 Å². The third kappa shape index (κ3) is 2.48. The van der Waals surface area contributed by atoms with Crippen molar-refractivity contribution in [3.8, 4) is 22.0 Å². The molecule has 2 heterocycles. The molecule has 3 rings (SSSR count). The normalized spacial score (nSPS) is 10.7. The average molecular weight is 281 g/mol. The summed E-state index contributed by atoms with van der Waals surface area (Å²) in [7, 11) is 0. The van der Waals surface area contributed by atoms with Gasteiger partial charge in [0, 0.05) is 23.7 Å². The van der Waals surface area contributed by atoms with Crippen LogP contribution in [0.1, 0.15) is 11.1 Å². The van der Waals surface area contributed by atoms with Gasteiger partial charge in [-0.25, -0.2) is 4.98 Å². The summed E-state index contributed by atoms with van der Waals surface area (Å²) in [6.45, 7) is 2.60. The largest absolute Gasteiger partial charge is 0.326 e. The Hall–Kier alpha value is -2.04. The van der Waals surface area contributed by atoms with Crippen molar-refractivity contribution in [1.82, 2.24) is 9.97 Å². The Bertz CT molecular complexity index is 734. The van der Waals surface area contributed by atoms with Crippen molar-refractivity contribution in [1.29, 1.82) is 0 Å². The fourth-order valence-electron chi connectivity index (χ4n) is 2.08. The molecule has 1 aromatic carbocycles. The molecule has 0 saturated carbocycles. The lowest BCUT2D eigenvalue weighted by Crippen LogP contribution is -1.95. The molecule has 0 radical (unpaired) electrons. The Morgan fingerprint density at radius 3 is 2.90 bits per heavy atom. The molecule has 0 aliphatic heterocycles. The molecule has 0 amide bonds. The van der Waals surface area contributed by atoms with Gasteiger partial charge < -0.3 is 5.73 Å². The fraction of sp³-hybridized carbons (Fsp3) is 0.125. The molecule has 0 spiro atoms. The maximum absolute atomic E-state index is 5.69. The van der Waals surface area contributed by atoms with Gasteiger partial charge in [-0.15, -0.1) is 11.3 Å². The number of nitrogens with zero attached hydrogens (tertiary/aromatic N) is 2. The van der Waals surface area contributed by atoms with Gasteiger partial charge in [-0.1, -0.05) is 24.3 Å². The molecular weight excluding hydrogens is 266 g/mol. The molecule has 20 heavy (non-hydrogen) atoms. The van der Waals surface area contributed by atoms with Gasteiger partial charge in [0.15, 0.2) is 0 Å². The molecular formula is C16H15N3S. The van der Waals surface area contributed by atoms with Gasteiger partial charge in [0.05, 0.1) is 5.69 Å². The monoisotopic (exact) mass is 281 g/mol. The van der Waals surface area contributed by atoms with E-state index in [0.717, 1.165) is 33.1 Å². The first-order valence-corrected chi connectivity index (χ1v) is 7.33. The molecule has 0 atom stereocenters. The summed E-state index contributed by atoms with van der Waals surface area (Å²) in [4.78, 5) is 9.12. The number of benzene rings is 1. The Balaban J connectivity index is 2.00. The molecule has 100 valence electrons. The first kappa shape index (κ1) is 13.0. The minimum absolute atomic E-state index is 0.546. The molecule has 3 aromatic rings. The van der Waals surface area contributed by atoms with Gasteiger partial charge in [-0.3, -0.25) is 4.98 Å². The lowest BCUT2D eigenvalue weighted by atomic mass is 10.1. The molecule has 0 aliphatic rings. The lowest BCUT2D eigenvalue weighted by Gasteiger charge is -2.01. The summed E-state index contributed by atoms with van der Waals surface area (Å²) in [6.07, 6.45) is 1.80. The zero-order valence-electron chi connectivity index (χ0n) is 11.2. The smallest absolute Gasteiger partial charge is 0.142 e. The zero-order chi connectivity index (χ0) is 13.9. The predicted octanol–water partition coefficient (Wildman–Crippen LogP) is 3.64. The molecule has 0 saturated heterocycles. The van der Waals surface area contributed by atoms with E-state index in [1.165, 1.54) is 0 Å². The van der Waals surface area contributed by atoms with Crippen LogP contribution in [0.4, 0.5) is 0 Å². The number of nitrogens with two attached hydrogens (primary N) is 1. The molecule has 4 heteroatoms. The van der Waals surface area contributed by atoms with Crippen LogP contribution in [0.3, 0.4) is 0 Å². The van der Waals surface area contributed by atoms with E-state index in [4.69, 9.17) is 10.7 Å². The highest BCUT2D eigenvalue weighted by molar-refractivity contribution is 7.13. The quantitative estimate of drug-likeness (QED) is 0.797. The Morgan fingerprint density at radius 2 is 2.10 bits per heavy atom. The first-order chi connectivity index (χ1) is 9.78. The topological polar surface area (TPSA) is 51.8 Å². The van der Waals surface area contributed by atoms with Crippen molar-refractivity contribution in [2.24, 2.45) is 5.73 Å². The third-order valence-electron chi connectivity index (χ3n) is 3.17. The van der Waals surface area contributed by atoms with E-state index < -0.39 is 0 Å². The van der Waals surface area contributed by atoms with Crippen molar-refractivity contribution in [2.45, 2.75) is 13.5 Å². The second kappa shape index (κ2) is 5.53. The van der Waals surface area contributed by atoms with E-state index in [0.29, 0.717) is 6.54 Å². The number of aryl methyl sites for hydroxylation is 1. The number of pyridine rings is 1. The van der Waals surface area contributed by atoms with Gasteiger partial charge in [0.25, 0.3) is 0 Å². The number of hydrogen-bond donors (Lipinski definition) is 1. The summed E-state index contributed by atoms with van der Waals surface area (Å²) >= 11 is 1.62. The van der Waals surface area contributed by atoms with Gasteiger partial charge >= 0.3 is 0 Å². The van der Waals surface area contributed by atoms with Crippen molar-refractivity contribution in [2.75, 3.05) is 0 Å².